The summed E-state index contributed by atoms with van der Waals surface area (Å²) in [7, 11) is -8.80. The summed E-state index contributed by atoms with van der Waals surface area (Å²) in [5.74, 6) is 0. The maximum atomic E-state index is 12.8. The van der Waals surface area contributed by atoms with E-state index in [4.69, 9.17) is 5.14 Å². The van der Waals surface area contributed by atoms with Crippen molar-refractivity contribution in [2.24, 2.45) is 14.5 Å². The lowest BCUT2D eigenvalue weighted by molar-refractivity contribution is -0.140. The zero-order valence-electron chi connectivity index (χ0n) is 9.33. The Bertz CT molecular complexity index is 927. The number of sulfonamides is 1. The van der Waals surface area contributed by atoms with E-state index >= 15 is 0 Å². The zero-order valence-corrected chi connectivity index (χ0v) is 11.0. The van der Waals surface area contributed by atoms with Crippen LogP contribution in [-0.2, 0) is 26.2 Å². The van der Waals surface area contributed by atoms with Crippen LogP contribution in [0.1, 0.15) is 5.56 Å². The number of halogens is 3. The van der Waals surface area contributed by atoms with E-state index in [2.05, 4.69) is 9.39 Å². The van der Waals surface area contributed by atoms with Crippen molar-refractivity contribution in [2.45, 2.75) is 11.1 Å². The molecule has 0 amide bonds. The molecule has 1 atom stereocenters. The largest absolute Gasteiger partial charge is 0.417 e. The van der Waals surface area contributed by atoms with Crippen molar-refractivity contribution in [1.29, 1.82) is 0 Å². The van der Waals surface area contributed by atoms with Crippen LogP contribution in [0, 0.1) is 4.51 Å². The molecule has 0 saturated heterocycles. The van der Waals surface area contributed by atoms with Gasteiger partial charge in [-0.15, -0.1) is 0 Å². The van der Waals surface area contributed by atoms with Crippen LogP contribution in [0.4, 0.5) is 13.2 Å². The van der Waals surface area contributed by atoms with Crippen molar-refractivity contribution >= 4 is 26.4 Å². The summed E-state index contributed by atoms with van der Waals surface area (Å²) in [6, 6.07) is 0.714. The zero-order chi connectivity index (χ0) is 15.3. The lowest BCUT2D eigenvalue weighted by Gasteiger charge is -2.12. The van der Waals surface area contributed by atoms with Crippen LogP contribution in [0.2, 0.25) is 0 Å². The fourth-order valence-corrected chi connectivity index (χ4v) is 3.31. The highest BCUT2D eigenvalue weighted by Crippen LogP contribution is 2.33. The van der Waals surface area contributed by atoms with Crippen LogP contribution in [0.25, 0.3) is 0 Å². The standard InChI is InChI=1S/C8H6F3N3O4S2/c9-8(10,11)4-1-5-7(2-6(4)19(12,15)16)20(17,18)14-3-13-5/h1-3H,(H2,12,15,16)(H,13,14,17,18). The molecule has 1 aromatic rings. The Morgan fingerprint density at radius 1 is 1.30 bits per heavy atom. The number of primary sulfonamides is 1. The van der Waals surface area contributed by atoms with Gasteiger partial charge in [0.15, 0.2) is 9.99 Å². The molecule has 0 aliphatic carbocycles. The van der Waals surface area contributed by atoms with E-state index in [1.54, 1.807) is 0 Å². The van der Waals surface area contributed by atoms with E-state index in [1.165, 1.54) is 0 Å². The van der Waals surface area contributed by atoms with Crippen LogP contribution < -0.4 is 10.5 Å². The fraction of sp³-hybridized carbons (Fsp3) is 0.125. The van der Waals surface area contributed by atoms with Crippen LogP contribution in [0.3, 0.4) is 0 Å². The number of hydrogen-bond acceptors (Lipinski definition) is 4. The molecular formula is C8H6F3N3O4S2. The molecule has 20 heavy (non-hydrogen) atoms. The van der Waals surface area contributed by atoms with E-state index in [0.29, 0.717) is 18.5 Å². The van der Waals surface area contributed by atoms with Crippen molar-refractivity contribution in [1.82, 2.24) is 0 Å². The van der Waals surface area contributed by atoms with Gasteiger partial charge in [-0.3, -0.25) is 4.55 Å². The van der Waals surface area contributed by atoms with Gasteiger partial charge in [0.2, 0.25) is 10.0 Å². The third kappa shape index (κ3) is 2.54. The Balaban J connectivity index is 3.11. The summed E-state index contributed by atoms with van der Waals surface area (Å²) in [5, 5.41) is 4.21. The number of benzene rings is 1. The maximum Gasteiger partial charge on any atom is 0.417 e. The molecule has 0 spiro atoms. The van der Waals surface area contributed by atoms with Gasteiger partial charge in [0.25, 0.3) is 0 Å². The fourth-order valence-electron chi connectivity index (χ4n) is 1.53. The predicted octanol–water partition coefficient (Wildman–Crippen LogP) is -0.0624. The van der Waals surface area contributed by atoms with Gasteiger partial charge >= 0.3 is 6.18 Å². The molecule has 1 aliphatic rings. The number of hydrogen-bond donors (Lipinski definition) is 2. The number of alkyl halides is 3. The Labute approximate surface area is 110 Å². The van der Waals surface area contributed by atoms with Crippen molar-refractivity contribution < 1.29 is 30.4 Å². The number of fused-ring (bicyclic) bond motifs is 1. The summed E-state index contributed by atoms with van der Waals surface area (Å²) in [5.41, 5.74) is -1.56. The Hall–Kier alpha value is -1.50. The van der Waals surface area contributed by atoms with Gasteiger partial charge in [-0.25, -0.2) is 22.8 Å². The summed E-state index contributed by atoms with van der Waals surface area (Å²) >= 11 is 0. The molecular weight excluding hydrogens is 323 g/mol. The van der Waals surface area contributed by atoms with Crippen molar-refractivity contribution in [3.63, 3.8) is 0 Å². The summed E-state index contributed by atoms with van der Waals surface area (Å²) in [6.07, 6.45) is -4.39. The van der Waals surface area contributed by atoms with Crippen LogP contribution in [0.5, 0.6) is 0 Å². The van der Waals surface area contributed by atoms with Crippen LogP contribution in [0.15, 0.2) is 26.4 Å². The van der Waals surface area contributed by atoms with Gasteiger partial charge in [0.1, 0.15) is 10.8 Å². The van der Waals surface area contributed by atoms with Crippen molar-refractivity contribution in [3.8, 4) is 0 Å². The quantitative estimate of drug-likeness (QED) is 0.701. The Kier molecular flexibility index (Phi) is 3.16. The van der Waals surface area contributed by atoms with E-state index in [1.807, 2.05) is 0 Å². The van der Waals surface area contributed by atoms with Crippen LogP contribution in [-0.4, -0.2) is 23.5 Å². The molecule has 0 saturated carbocycles. The first-order valence-corrected chi connectivity index (χ1v) is 7.74. The van der Waals surface area contributed by atoms with Gasteiger partial charge in [0.05, 0.1) is 15.8 Å². The van der Waals surface area contributed by atoms with Crippen LogP contribution >= 0.6 is 0 Å². The molecule has 2 rings (SSSR count). The monoisotopic (exact) mass is 329 g/mol. The summed E-state index contributed by atoms with van der Waals surface area (Å²) in [6.45, 7) is 0. The average molecular weight is 329 g/mol. The van der Waals surface area contributed by atoms with Crippen molar-refractivity contribution in [3.05, 3.63) is 27.6 Å². The first-order chi connectivity index (χ1) is 8.93. The minimum Gasteiger partial charge on any atom is -0.296 e. The van der Waals surface area contributed by atoms with Gasteiger partial charge in [-0.05, 0) is 12.1 Å². The molecule has 0 bridgehead atoms. The minimum absolute atomic E-state index is 0.343. The first kappa shape index (κ1) is 14.9. The molecule has 0 aromatic heterocycles. The number of rotatable bonds is 1. The third-order valence-electron chi connectivity index (χ3n) is 2.35. The molecule has 7 nitrogen and oxygen atoms in total. The Morgan fingerprint density at radius 2 is 1.90 bits per heavy atom. The number of nitrogens with zero attached hydrogens (tertiary/aromatic N) is 2. The van der Waals surface area contributed by atoms with Gasteiger partial charge in [0, 0.05) is 0 Å². The molecule has 0 fully saturated rings. The smallest absolute Gasteiger partial charge is 0.296 e. The average Bonchev–Trinajstić information content (AvgIpc) is 2.24. The molecule has 1 unspecified atom stereocenters. The number of nitrogens with two attached hydrogens (primary N) is 1. The van der Waals surface area contributed by atoms with E-state index in [0.717, 1.165) is 0 Å². The predicted molar refractivity (Wildman–Crippen MR) is 62.1 cm³/mol. The van der Waals surface area contributed by atoms with Gasteiger partial charge < -0.3 is 0 Å². The normalized spacial score (nSPS) is 22.2. The van der Waals surface area contributed by atoms with E-state index < -0.39 is 46.5 Å². The highest BCUT2D eigenvalue weighted by atomic mass is 32.2. The topological polar surface area (TPSA) is 122 Å². The second-order valence-corrected chi connectivity index (χ2v) is 6.88. The second kappa shape index (κ2) is 4.25. The molecule has 3 N–H and O–H groups in total. The molecule has 1 heterocycles. The highest BCUT2D eigenvalue weighted by molar-refractivity contribution is 7.89. The lowest BCUT2D eigenvalue weighted by Crippen LogP contribution is -2.24. The molecule has 1 aromatic carbocycles. The Morgan fingerprint density at radius 3 is 2.40 bits per heavy atom. The molecule has 0 radical (unpaired) electrons. The minimum atomic E-state index is -5.02. The maximum absolute atomic E-state index is 12.8. The van der Waals surface area contributed by atoms with Gasteiger partial charge in [-0.2, -0.15) is 17.6 Å². The lowest BCUT2D eigenvalue weighted by atomic mass is 10.2. The van der Waals surface area contributed by atoms with E-state index in [-0.39, 0.29) is 0 Å². The van der Waals surface area contributed by atoms with Crippen molar-refractivity contribution in [2.75, 3.05) is 0 Å². The van der Waals surface area contributed by atoms with E-state index in [9.17, 15) is 30.4 Å². The summed E-state index contributed by atoms with van der Waals surface area (Å²) < 4.78 is 84.5. The highest BCUT2D eigenvalue weighted by Gasteiger charge is 2.37. The third-order valence-corrected chi connectivity index (χ3v) is 4.58. The van der Waals surface area contributed by atoms with Gasteiger partial charge in [-0.1, -0.05) is 0 Å². The first-order valence-electron chi connectivity index (χ1n) is 4.72. The molecule has 110 valence electrons. The SMILES string of the molecule is NS(=O)(=O)c1cc2c(cc1C(F)(F)F)=NC=NS=2(=O)O. The summed E-state index contributed by atoms with van der Waals surface area (Å²) in [4.78, 5) is 2.11. The second-order valence-electron chi connectivity index (χ2n) is 3.71. The molecule has 1 aliphatic heterocycles. The molecule has 12 heteroatoms.